The molecule has 1 aliphatic rings. The smallest absolute Gasteiger partial charge is 0.316 e. The number of benzene rings is 2. The van der Waals surface area contributed by atoms with E-state index < -0.39 is 5.41 Å². The number of fused-ring (bicyclic) bond motifs is 4. The highest BCUT2D eigenvalue weighted by atomic mass is 32.2. The van der Waals surface area contributed by atoms with Crippen LogP contribution in [0.3, 0.4) is 0 Å². The van der Waals surface area contributed by atoms with E-state index in [1.54, 1.807) is 16.0 Å². The van der Waals surface area contributed by atoms with E-state index in [9.17, 15) is 9.59 Å². The van der Waals surface area contributed by atoms with Crippen LogP contribution in [-0.2, 0) is 27.9 Å². The molecule has 0 saturated carbocycles. The molecule has 8 heteroatoms. The highest BCUT2D eigenvalue weighted by Crippen LogP contribution is 2.40. The lowest BCUT2D eigenvalue weighted by Crippen LogP contribution is -2.36. The van der Waals surface area contributed by atoms with Crippen molar-refractivity contribution in [3.63, 3.8) is 0 Å². The Morgan fingerprint density at radius 2 is 1.97 bits per heavy atom. The third kappa shape index (κ3) is 4.27. The number of carbonyl (C=O) groups is 1. The van der Waals surface area contributed by atoms with Crippen LogP contribution in [-0.4, -0.2) is 37.5 Å². The SMILES string of the molecule is CCOC(=O)CSc1nn(Cc2cccc(C)c2)c2nc3c(c(=O)n12)C(C)(C)Cc1ccccc1-3. The second kappa shape index (κ2) is 9.00. The Kier molecular flexibility index (Phi) is 6.01. The van der Waals surface area contributed by atoms with Crippen LogP contribution in [0.15, 0.2) is 58.5 Å². The first-order valence-electron chi connectivity index (χ1n) is 11.7. The molecule has 1 aliphatic carbocycles. The summed E-state index contributed by atoms with van der Waals surface area (Å²) in [6, 6.07) is 16.3. The molecule has 0 N–H and O–H groups in total. The molecular weight excluding hydrogens is 460 g/mol. The normalized spacial score (nSPS) is 13.9. The van der Waals surface area contributed by atoms with Gasteiger partial charge in [0.1, 0.15) is 0 Å². The Morgan fingerprint density at radius 1 is 1.17 bits per heavy atom. The molecular formula is C27H28N4O3S. The summed E-state index contributed by atoms with van der Waals surface area (Å²) in [6.07, 6.45) is 0.752. The molecule has 2 aromatic heterocycles. The van der Waals surface area contributed by atoms with Gasteiger partial charge < -0.3 is 4.74 Å². The van der Waals surface area contributed by atoms with E-state index in [4.69, 9.17) is 14.8 Å². The van der Waals surface area contributed by atoms with Crippen LogP contribution < -0.4 is 5.56 Å². The third-order valence-corrected chi connectivity index (χ3v) is 7.22. The monoisotopic (exact) mass is 488 g/mol. The standard InChI is InChI=1S/C27H28N4O3S/c1-5-34-21(32)16-35-26-29-30(15-18-10-8-9-17(2)13-18)25-28-23-20-12-7-6-11-19(20)14-27(3,4)22(23)24(33)31(25)26/h6-13H,5,14-16H2,1-4H3. The second-order valence-electron chi connectivity index (χ2n) is 9.52. The Morgan fingerprint density at radius 3 is 2.74 bits per heavy atom. The fourth-order valence-corrected chi connectivity index (χ4v) is 5.61. The summed E-state index contributed by atoms with van der Waals surface area (Å²) >= 11 is 1.20. The van der Waals surface area contributed by atoms with Gasteiger partial charge in [-0.15, -0.1) is 5.10 Å². The fraction of sp³-hybridized carbons (Fsp3) is 0.333. The van der Waals surface area contributed by atoms with Crippen molar-refractivity contribution in [2.75, 3.05) is 12.4 Å². The first-order chi connectivity index (χ1) is 16.8. The number of ether oxygens (including phenoxy) is 1. The number of aryl methyl sites for hydroxylation is 1. The Bertz CT molecular complexity index is 1500. The van der Waals surface area contributed by atoms with Crippen LogP contribution in [0.5, 0.6) is 0 Å². The van der Waals surface area contributed by atoms with Gasteiger partial charge in [-0.2, -0.15) is 0 Å². The van der Waals surface area contributed by atoms with Crippen LogP contribution in [0, 0.1) is 6.92 Å². The Labute approximate surface area is 208 Å². The van der Waals surface area contributed by atoms with Crippen LogP contribution in [0.4, 0.5) is 0 Å². The van der Waals surface area contributed by atoms with Crippen molar-refractivity contribution in [1.29, 1.82) is 0 Å². The maximum Gasteiger partial charge on any atom is 0.316 e. The number of carbonyl (C=O) groups excluding carboxylic acids is 1. The molecule has 2 heterocycles. The molecule has 0 saturated heterocycles. The average molecular weight is 489 g/mol. The Balaban J connectivity index is 1.72. The molecule has 0 spiro atoms. The molecule has 0 amide bonds. The van der Waals surface area contributed by atoms with Crippen LogP contribution in [0.25, 0.3) is 17.0 Å². The van der Waals surface area contributed by atoms with Crippen LogP contribution in [0.2, 0.25) is 0 Å². The van der Waals surface area contributed by atoms with Gasteiger partial charge in [0.25, 0.3) is 5.56 Å². The predicted octanol–water partition coefficient (Wildman–Crippen LogP) is 4.40. The van der Waals surface area contributed by atoms with E-state index >= 15 is 0 Å². The second-order valence-corrected chi connectivity index (χ2v) is 10.5. The van der Waals surface area contributed by atoms with Crippen molar-refractivity contribution in [3.8, 4) is 11.3 Å². The van der Waals surface area contributed by atoms with Gasteiger partial charge in [0, 0.05) is 11.0 Å². The summed E-state index contributed by atoms with van der Waals surface area (Å²) in [7, 11) is 0. The summed E-state index contributed by atoms with van der Waals surface area (Å²) in [4.78, 5) is 31.2. The minimum Gasteiger partial charge on any atom is -0.465 e. The van der Waals surface area contributed by atoms with Crippen molar-refractivity contribution < 1.29 is 9.53 Å². The van der Waals surface area contributed by atoms with Gasteiger partial charge in [-0.05, 0) is 31.4 Å². The third-order valence-electron chi connectivity index (χ3n) is 6.31. The van der Waals surface area contributed by atoms with Gasteiger partial charge in [-0.25, -0.2) is 14.1 Å². The van der Waals surface area contributed by atoms with E-state index in [-0.39, 0.29) is 17.3 Å². The number of aromatic nitrogens is 4. The lowest BCUT2D eigenvalue weighted by Gasteiger charge is -2.32. The molecule has 4 aromatic rings. The summed E-state index contributed by atoms with van der Waals surface area (Å²) in [6.45, 7) is 8.75. The molecule has 7 nitrogen and oxygen atoms in total. The van der Waals surface area contributed by atoms with E-state index in [1.807, 2.05) is 43.3 Å². The minimum absolute atomic E-state index is 0.0696. The first kappa shape index (κ1) is 23.4. The number of hydrogen-bond donors (Lipinski definition) is 0. The Hall–Kier alpha value is -3.39. The largest absolute Gasteiger partial charge is 0.465 e. The van der Waals surface area contributed by atoms with Gasteiger partial charge in [0.2, 0.25) is 5.78 Å². The highest BCUT2D eigenvalue weighted by Gasteiger charge is 2.36. The van der Waals surface area contributed by atoms with Crippen LogP contribution >= 0.6 is 11.8 Å². The number of esters is 1. The maximum absolute atomic E-state index is 14.0. The van der Waals surface area contributed by atoms with Gasteiger partial charge in [-0.1, -0.05) is 79.7 Å². The van der Waals surface area contributed by atoms with Crippen LogP contribution in [0.1, 0.15) is 43.0 Å². The predicted molar refractivity (Wildman–Crippen MR) is 137 cm³/mol. The lowest BCUT2D eigenvalue weighted by atomic mass is 9.72. The molecule has 0 aliphatic heterocycles. The van der Waals surface area contributed by atoms with Crippen molar-refractivity contribution in [2.24, 2.45) is 0 Å². The van der Waals surface area contributed by atoms with E-state index in [0.717, 1.165) is 23.1 Å². The summed E-state index contributed by atoms with van der Waals surface area (Å²) in [5.74, 6) is 0.196. The first-order valence-corrected chi connectivity index (χ1v) is 12.7. The number of hydrogen-bond acceptors (Lipinski definition) is 6. The van der Waals surface area contributed by atoms with Gasteiger partial charge in [-0.3, -0.25) is 9.59 Å². The highest BCUT2D eigenvalue weighted by molar-refractivity contribution is 7.99. The van der Waals surface area contributed by atoms with Crippen molar-refractivity contribution >= 4 is 23.5 Å². The number of rotatable bonds is 6. The lowest BCUT2D eigenvalue weighted by molar-refractivity contribution is -0.139. The molecule has 180 valence electrons. The zero-order valence-corrected chi connectivity index (χ0v) is 21.2. The molecule has 0 bridgehead atoms. The van der Waals surface area contributed by atoms with E-state index in [2.05, 4.69) is 26.0 Å². The van der Waals surface area contributed by atoms with Gasteiger partial charge in [0.05, 0.1) is 30.2 Å². The molecule has 2 aromatic carbocycles. The summed E-state index contributed by atoms with van der Waals surface area (Å²) < 4.78 is 8.41. The fourth-order valence-electron chi connectivity index (χ4n) is 4.83. The van der Waals surface area contributed by atoms with Gasteiger partial charge in [0.15, 0.2) is 5.16 Å². The zero-order valence-electron chi connectivity index (χ0n) is 20.4. The molecule has 0 unspecified atom stereocenters. The molecule has 5 rings (SSSR count). The number of nitrogens with zero attached hydrogens (tertiary/aromatic N) is 4. The molecule has 35 heavy (non-hydrogen) atoms. The van der Waals surface area contributed by atoms with Gasteiger partial charge >= 0.3 is 5.97 Å². The zero-order chi connectivity index (χ0) is 24.7. The van der Waals surface area contributed by atoms with E-state index in [0.29, 0.717) is 35.3 Å². The maximum atomic E-state index is 14.0. The van der Waals surface area contributed by atoms with E-state index in [1.165, 1.54) is 17.3 Å². The quantitative estimate of drug-likeness (QED) is 0.296. The summed E-state index contributed by atoms with van der Waals surface area (Å²) in [5.41, 5.74) is 5.26. The number of thioether (sulfide) groups is 1. The molecule has 0 radical (unpaired) electrons. The minimum atomic E-state index is -0.392. The summed E-state index contributed by atoms with van der Waals surface area (Å²) in [5, 5.41) is 5.19. The van der Waals surface area contributed by atoms with Crippen molar-refractivity contribution in [3.05, 3.63) is 81.1 Å². The topological polar surface area (TPSA) is 78.5 Å². The molecule has 0 atom stereocenters. The molecule has 0 fully saturated rings. The van der Waals surface area contributed by atoms with Crippen molar-refractivity contribution in [1.82, 2.24) is 19.2 Å². The van der Waals surface area contributed by atoms with Crippen molar-refractivity contribution in [2.45, 2.75) is 51.2 Å². The average Bonchev–Trinajstić information content (AvgIpc) is 3.15.